The lowest BCUT2D eigenvalue weighted by Gasteiger charge is -2.17. The Hall–Kier alpha value is -1.19. The molecule has 0 aliphatic rings. The van der Waals surface area contributed by atoms with E-state index in [0.29, 0.717) is 0 Å². The molecule has 0 saturated carbocycles. The molecule has 3 heteroatoms. The number of nitrogens with one attached hydrogen (secondary N) is 1. The molecule has 1 unspecified atom stereocenters. The highest BCUT2D eigenvalue weighted by Gasteiger charge is 2.16. The third kappa shape index (κ3) is 2.73. The van der Waals surface area contributed by atoms with Crippen LogP contribution in [0.2, 0.25) is 0 Å². The van der Waals surface area contributed by atoms with Crippen molar-refractivity contribution >= 4 is 11.3 Å². The second kappa shape index (κ2) is 5.43. The summed E-state index contributed by atoms with van der Waals surface area (Å²) in [6.07, 6.45) is 0. The van der Waals surface area contributed by atoms with Crippen molar-refractivity contribution in [1.29, 1.82) is 0 Å². The number of rotatable bonds is 4. The first-order valence-electron chi connectivity index (χ1n) is 5.92. The molecule has 17 heavy (non-hydrogen) atoms. The summed E-state index contributed by atoms with van der Waals surface area (Å²) in [6, 6.07) is 8.99. The molecule has 0 aliphatic carbocycles. The molecular weight excluding hydrogens is 228 g/mol. The van der Waals surface area contributed by atoms with Crippen LogP contribution in [0.15, 0.2) is 29.8 Å². The Kier molecular flexibility index (Phi) is 3.92. The summed E-state index contributed by atoms with van der Waals surface area (Å²) in [5, 5.41) is 3.53. The second-order valence-corrected chi connectivity index (χ2v) is 5.09. The van der Waals surface area contributed by atoms with E-state index >= 15 is 0 Å². The highest BCUT2D eigenvalue weighted by atomic mass is 32.1. The maximum Gasteiger partial charge on any atom is 0.0798 e. The number of nitrogens with zero attached hydrogens (tertiary/aromatic N) is 1. The van der Waals surface area contributed by atoms with Gasteiger partial charge in [-0.3, -0.25) is 0 Å². The van der Waals surface area contributed by atoms with Crippen LogP contribution in [0.3, 0.4) is 0 Å². The van der Waals surface area contributed by atoms with Gasteiger partial charge in [-0.25, -0.2) is 4.98 Å². The number of hydrogen-bond acceptors (Lipinski definition) is 3. The van der Waals surface area contributed by atoms with Crippen molar-refractivity contribution in [2.75, 3.05) is 6.54 Å². The zero-order valence-electron chi connectivity index (χ0n) is 10.5. The van der Waals surface area contributed by atoms with Gasteiger partial charge in [0.25, 0.3) is 0 Å². The fourth-order valence-electron chi connectivity index (χ4n) is 1.91. The Balaban J connectivity index is 2.35. The van der Waals surface area contributed by atoms with Gasteiger partial charge >= 0.3 is 0 Å². The first-order chi connectivity index (χ1) is 8.22. The molecule has 0 amide bonds. The number of aromatic nitrogens is 1. The molecular formula is C14H18N2S. The monoisotopic (exact) mass is 246 g/mol. The van der Waals surface area contributed by atoms with Crippen molar-refractivity contribution in [3.63, 3.8) is 0 Å². The van der Waals surface area contributed by atoms with Crippen molar-refractivity contribution < 1.29 is 0 Å². The normalized spacial score (nSPS) is 12.6. The third-order valence-corrected chi connectivity index (χ3v) is 3.86. The summed E-state index contributed by atoms with van der Waals surface area (Å²) in [4.78, 5) is 5.66. The van der Waals surface area contributed by atoms with Crippen molar-refractivity contribution in [3.8, 4) is 0 Å². The highest BCUT2D eigenvalue weighted by molar-refractivity contribution is 7.09. The predicted octanol–water partition coefficient (Wildman–Crippen LogP) is 3.46. The Morgan fingerprint density at radius 1 is 1.24 bits per heavy atom. The van der Waals surface area contributed by atoms with Gasteiger partial charge in [0, 0.05) is 4.88 Å². The molecule has 1 aromatic carbocycles. The maximum atomic E-state index is 4.34. The molecule has 0 fully saturated rings. The fraction of sp³-hybridized carbons (Fsp3) is 0.357. The molecule has 0 spiro atoms. The van der Waals surface area contributed by atoms with E-state index in [2.05, 4.69) is 55.3 Å². The third-order valence-electron chi connectivity index (χ3n) is 2.86. The first-order valence-corrected chi connectivity index (χ1v) is 6.80. The van der Waals surface area contributed by atoms with Crippen LogP contribution in [0, 0.1) is 13.8 Å². The number of hydrogen-bond donors (Lipinski definition) is 1. The van der Waals surface area contributed by atoms with E-state index in [1.54, 1.807) is 11.3 Å². The Morgan fingerprint density at radius 2 is 1.94 bits per heavy atom. The van der Waals surface area contributed by atoms with E-state index in [0.717, 1.165) is 12.2 Å². The highest BCUT2D eigenvalue weighted by Crippen LogP contribution is 2.27. The molecule has 0 aliphatic heterocycles. The average molecular weight is 246 g/mol. The molecule has 2 aromatic rings. The van der Waals surface area contributed by atoms with E-state index in [1.807, 2.05) is 5.51 Å². The topological polar surface area (TPSA) is 24.9 Å². The van der Waals surface area contributed by atoms with Gasteiger partial charge in [-0.05, 0) is 26.0 Å². The fourth-order valence-corrected chi connectivity index (χ4v) is 2.82. The standard InChI is InChI=1S/C14H18N2S/c1-4-15-13(14-11(3)16-9-17-14)12-7-5-10(2)6-8-12/h5-9,13,15H,4H2,1-3H3. The lowest BCUT2D eigenvalue weighted by molar-refractivity contribution is 0.635. The summed E-state index contributed by atoms with van der Waals surface area (Å²) >= 11 is 1.72. The van der Waals surface area contributed by atoms with Crippen molar-refractivity contribution in [3.05, 3.63) is 51.5 Å². The van der Waals surface area contributed by atoms with Gasteiger partial charge in [-0.1, -0.05) is 36.8 Å². The zero-order chi connectivity index (χ0) is 12.3. The van der Waals surface area contributed by atoms with Crippen LogP contribution in [0.5, 0.6) is 0 Å². The predicted molar refractivity (Wildman–Crippen MR) is 73.5 cm³/mol. The van der Waals surface area contributed by atoms with Crippen LogP contribution < -0.4 is 5.32 Å². The Bertz CT molecular complexity index is 473. The molecule has 0 bridgehead atoms. The molecule has 0 saturated heterocycles. The molecule has 0 radical (unpaired) electrons. The molecule has 2 rings (SSSR count). The van der Waals surface area contributed by atoms with E-state index in [-0.39, 0.29) is 6.04 Å². The number of thiazole rings is 1. The molecule has 1 aromatic heterocycles. The number of benzene rings is 1. The van der Waals surface area contributed by atoms with Crippen molar-refractivity contribution in [1.82, 2.24) is 10.3 Å². The van der Waals surface area contributed by atoms with E-state index < -0.39 is 0 Å². The summed E-state index contributed by atoms with van der Waals surface area (Å²) in [6.45, 7) is 7.28. The minimum Gasteiger partial charge on any atom is -0.306 e. The minimum atomic E-state index is 0.271. The van der Waals surface area contributed by atoms with Crippen LogP contribution in [-0.4, -0.2) is 11.5 Å². The van der Waals surface area contributed by atoms with Crippen LogP contribution in [0.4, 0.5) is 0 Å². The van der Waals surface area contributed by atoms with E-state index in [1.165, 1.54) is 16.0 Å². The number of aryl methyl sites for hydroxylation is 2. The van der Waals surface area contributed by atoms with Crippen LogP contribution >= 0.6 is 11.3 Å². The first kappa shape index (κ1) is 12.3. The van der Waals surface area contributed by atoms with Gasteiger partial charge in [0.2, 0.25) is 0 Å². The lowest BCUT2D eigenvalue weighted by Crippen LogP contribution is -2.21. The molecule has 1 N–H and O–H groups in total. The molecule has 90 valence electrons. The van der Waals surface area contributed by atoms with E-state index in [4.69, 9.17) is 0 Å². The van der Waals surface area contributed by atoms with Crippen LogP contribution in [-0.2, 0) is 0 Å². The van der Waals surface area contributed by atoms with Gasteiger partial charge in [0.15, 0.2) is 0 Å². The Morgan fingerprint density at radius 3 is 2.47 bits per heavy atom. The van der Waals surface area contributed by atoms with Gasteiger partial charge in [0.1, 0.15) is 0 Å². The quantitative estimate of drug-likeness (QED) is 0.893. The van der Waals surface area contributed by atoms with Crippen LogP contribution in [0.25, 0.3) is 0 Å². The summed E-state index contributed by atoms with van der Waals surface area (Å²) in [5.74, 6) is 0. The second-order valence-electron chi connectivity index (χ2n) is 4.20. The molecule has 1 heterocycles. The SMILES string of the molecule is CCNC(c1ccc(C)cc1)c1scnc1C. The summed E-state index contributed by atoms with van der Waals surface area (Å²) < 4.78 is 0. The lowest BCUT2D eigenvalue weighted by atomic mass is 10.0. The van der Waals surface area contributed by atoms with Crippen molar-refractivity contribution in [2.24, 2.45) is 0 Å². The zero-order valence-corrected chi connectivity index (χ0v) is 11.3. The molecule has 1 atom stereocenters. The summed E-state index contributed by atoms with van der Waals surface area (Å²) in [7, 11) is 0. The Labute approximate surface area is 107 Å². The average Bonchev–Trinajstić information content (AvgIpc) is 2.74. The summed E-state index contributed by atoms with van der Waals surface area (Å²) in [5.41, 5.74) is 5.65. The van der Waals surface area contributed by atoms with E-state index in [9.17, 15) is 0 Å². The van der Waals surface area contributed by atoms with Gasteiger partial charge in [-0.15, -0.1) is 11.3 Å². The smallest absolute Gasteiger partial charge is 0.0798 e. The van der Waals surface area contributed by atoms with Gasteiger partial charge in [0.05, 0.1) is 17.2 Å². The van der Waals surface area contributed by atoms with Crippen LogP contribution in [0.1, 0.15) is 34.7 Å². The maximum absolute atomic E-state index is 4.34. The largest absolute Gasteiger partial charge is 0.306 e. The molecule has 2 nitrogen and oxygen atoms in total. The van der Waals surface area contributed by atoms with Gasteiger partial charge in [-0.2, -0.15) is 0 Å². The van der Waals surface area contributed by atoms with Gasteiger partial charge < -0.3 is 5.32 Å². The minimum absolute atomic E-state index is 0.271. The van der Waals surface area contributed by atoms with Crippen molar-refractivity contribution in [2.45, 2.75) is 26.8 Å².